The van der Waals surface area contributed by atoms with Crippen LogP contribution in [0, 0.1) is 0 Å². The van der Waals surface area contributed by atoms with Crippen molar-refractivity contribution in [3.05, 3.63) is 35.4 Å². The molecule has 112 valence electrons. The molecule has 20 heavy (non-hydrogen) atoms. The van der Waals surface area contributed by atoms with E-state index in [2.05, 4.69) is 67.1 Å². The fourth-order valence-electron chi connectivity index (χ4n) is 2.98. The summed E-state index contributed by atoms with van der Waals surface area (Å²) in [5.74, 6) is 2.49. The Labute approximate surface area is 128 Å². The minimum absolute atomic E-state index is 0.453. The number of aryl methyl sites for hydroxylation is 1. The highest BCUT2D eigenvalue weighted by Crippen LogP contribution is 2.27. The van der Waals surface area contributed by atoms with E-state index < -0.39 is 0 Å². The zero-order valence-corrected chi connectivity index (χ0v) is 13.9. The minimum atomic E-state index is 0.453. The summed E-state index contributed by atoms with van der Waals surface area (Å²) in [6, 6.07) is 10.2. The van der Waals surface area contributed by atoms with Crippen LogP contribution in [0.5, 0.6) is 0 Å². The van der Waals surface area contributed by atoms with E-state index in [1.165, 1.54) is 42.0 Å². The van der Waals surface area contributed by atoms with E-state index in [0.717, 1.165) is 6.54 Å². The third-order valence-corrected chi connectivity index (χ3v) is 5.15. The molecular formula is C17H28N2S. The largest absolute Gasteiger partial charge is 0.309 e. The van der Waals surface area contributed by atoms with Crippen LogP contribution < -0.4 is 5.32 Å². The first kappa shape index (κ1) is 15.9. The standard InChI is InChI=1S/C17H28N2S/c1-4-7-14-8-6-9-15(12-14)17(18-5-2)16-13-20-11-10-19(16)3/h6,8-9,12,16-18H,4-5,7,10-11,13H2,1-3H3. The number of nitrogens with zero attached hydrogens (tertiary/aromatic N) is 1. The Bertz CT molecular complexity index is 408. The van der Waals surface area contributed by atoms with Crippen LogP contribution in [0.2, 0.25) is 0 Å². The molecular weight excluding hydrogens is 264 g/mol. The van der Waals surface area contributed by atoms with E-state index in [1.54, 1.807) is 0 Å². The van der Waals surface area contributed by atoms with Gasteiger partial charge in [0.2, 0.25) is 0 Å². The first-order valence-corrected chi connectivity index (χ1v) is 9.02. The second kappa shape index (κ2) is 8.06. The molecule has 1 aromatic rings. The number of hydrogen-bond acceptors (Lipinski definition) is 3. The van der Waals surface area contributed by atoms with Crippen molar-refractivity contribution in [1.29, 1.82) is 0 Å². The van der Waals surface area contributed by atoms with Crippen molar-refractivity contribution in [1.82, 2.24) is 10.2 Å². The SMILES string of the molecule is CCCc1cccc(C(NCC)C2CSCCN2C)c1. The van der Waals surface area contributed by atoms with Gasteiger partial charge in [0, 0.05) is 30.1 Å². The third-order valence-electron chi connectivity index (χ3n) is 4.10. The highest BCUT2D eigenvalue weighted by molar-refractivity contribution is 7.99. The van der Waals surface area contributed by atoms with Gasteiger partial charge in [-0.25, -0.2) is 0 Å². The average Bonchev–Trinajstić information content (AvgIpc) is 2.46. The molecule has 0 amide bonds. The molecule has 3 heteroatoms. The van der Waals surface area contributed by atoms with Crippen molar-refractivity contribution in [3.63, 3.8) is 0 Å². The molecule has 0 aromatic heterocycles. The molecule has 2 rings (SSSR count). The van der Waals surface area contributed by atoms with Crippen molar-refractivity contribution < 1.29 is 0 Å². The van der Waals surface area contributed by atoms with Crippen molar-refractivity contribution in [2.45, 2.75) is 38.8 Å². The van der Waals surface area contributed by atoms with Crippen LogP contribution in [-0.2, 0) is 6.42 Å². The maximum atomic E-state index is 3.71. The monoisotopic (exact) mass is 292 g/mol. The maximum absolute atomic E-state index is 3.71. The van der Waals surface area contributed by atoms with Crippen molar-refractivity contribution in [3.8, 4) is 0 Å². The van der Waals surface area contributed by atoms with E-state index in [1.807, 2.05) is 0 Å². The van der Waals surface area contributed by atoms with E-state index >= 15 is 0 Å². The summed E-state index contributed by atoms with van der Waals surface area (Å²) in [7, 11) is 2.27. The quantitative estimate of drug-likeness (QED) is 0.866. The van der Waals surface area contributed by atoms with Crippen LogP contribution in [0.1, 0.15) is 37.4 Å². The summed E-state index contributed by atoms with van der Waals surface area (Å²) in [5, 5.41) is 3.71. The number of hydrogen-bond donors (Lipinski definition) is 1. The number of thioether (sulfide) groups is 1. The first-order valence-electron chi connectivity index (χ1n) is 7.86. The first-order chi connectivity index (χ1) is 9.76. The van der Waals surface area contributed by atoms with Crippen LogP contribution in [0.3, 0.4) is 0 Å². The fraction of sp³-hybridized carbons (Fsp3) is 0.647. The van der Waals surface area contributed by atoms with Gasteiger partial charge in [0.05, 0.1) is 0 Å². The summed E-state index contributed by atoms with van der Waals surface area (Å²) < 4.78 is 0. The number of rotatable bonds is 6. The Morgan fingerprint density at radius 1 is 1.40 bits per heavy atom. The summed E-state index contributed by atoms with van der Waals surface area (Å²) >= 11 is 2.09. The smallest absolute Gasteiger partial charge is 0.0486 e. The Morgan fingerprint density at radius 3 is 2.95 bits per heavy atom. The Morgan fingerprint density at radius 2 is 2.25 bits per heavy atom. The molecule has 1 aliphatic heterocycles. The van der Waals surface area contributed by atoms with Gasteiger partial charge in [0.1, 0.15) is 0 Å². The lowest BCUT2D eigenvalue weighted by Gasteiger charge is -2.38. The molecule has 1 saturated heterocycles. The van der Waals surface area contributed by atoms with E-state index in [-0.39, 0.29) is 0 Å². The lowest BCUT2D eigenvalue weighted by molar-refractivity contribution is 0.217. The van der Waals surface area contributed by atoms with Gasteiger partial charge in [-0.1, -0.05) is 44.5 Å². The highest BCUT2D eigenvalue weighted by atomic mass is 32.2. The van der Waals surface area contributed by atoms with Crippen molar-refractivity contribution in [2.24, 2.45) is 0 Å². The predicted octanol–water partition coefficient (Wildman–Crippen LogP) is 3.34. The van der Waals surface area contributed by atoms with Gasteiger partial charge in [-0.05, 0) is 31.1 Å². The molecule has 0 spiro atoms. The number of nitrogens with one attached hydrogen (secondary N) is 1. The zero-order chi connectivity index (χ0) is 14.4. The molecule has 0 aliphatic carbocycles. The van der Waals surface area contributed by atoms with Gasteiger partial charge >= 0.3 is 0 Å². The second-order valence-corrected chi connectivity index (χ2v) is 6.80. The lowest BCUT2D eigenvalue weighted by Crippen LogP contribution is -2.47. The van der Waals surface area contributed by atoms with Gasteiger partial charge in [-0.3, -0.25) is 4.90 Å². The third kappa shape index (κ3) is 4.00. The Hall–Kier alpha value is -0.510. The van der Waals surface area contributed by atoms with Crippen LogP contribution in [0.15, 0.2) is 24.3 Å². The molecule has 0 bridgehead atoms. The second-order valence-electron chi connectivity index (χ2n) is 5.65. The van der Waals surface area contributed by atoms with Gasteiger partial charge in [0.25, 0.3) is 0 Å². The number of benzene rings is 1. The Balaban J connectivity index is 2.20. The van der Waals surface area contributed by atoms with Crippen LogP contribution >= 0.6 is 11.8 Å². The molecule has 0 saturated carbocycles. The maximum Gasteiger partial charge on any atom is 0.0486 e. The van der Waals surface area contributed by atoms with Crippen molar-refractivity contribution in [2.75, 3.05) is 31.6 Å². The molecule has 0 radical (unpaired) electrons. The van der Waals surface area contributed by atoms with Crippen LogP contribution in [0.4, 0.5) is 0 Å². The van der Waals surface area contributed by atoms with E-state index in [9.17, 15) is 0 Å². The Kier molecular flexibility index (Phi) is 6.40. The topological polar surface area (TPSA) is 15.3 Å². The molecule has 2 unspecified atom stereocenters. The molecule has 2 atom stereocenters. The average molecular weight is 292 g/mol. The fourth-order valence-corrected chi connectivity index (χ4v) is 4.26. The zero-order valence-electron chi connectivity index (χ0n) is 13.1. The van der Waals surface area contributed by atoms with Crippen LogP contribution in [-0.4, -0.2) is 42.6 Å². The summed E-state index contributed by atoms with van der Waals surface area (Å²) in [5.41, 5.74) is 2.93. The normalized spacial score (nSPS) is 21.9. The molecule has 1 fully saturated rings. The van der Waals surface area contributed by atoms with Gasteiger partial charge < -0.3 is 5.32 Å². The van der Waals surface area contributed by atoms with Crippen molar-refractivity contribution >= 4 is 11.8 Å². The van der Waals surface area contributed by atoms with E-state index in [0.29, 0.717) is 12.1 Å². The molecule has 1 aromatic carbocycles. The lowest BCUT2D eigenvalue weighted by atomic mass is 9.96. The molecule has 1 heterocycles. The van der Waals surface area contributed by atoms with Gasteiger partial charge in [-0.2, -0.15) is 11.8 Å². The predicted molar refractivity (Wildman–Crippen MR) is 90.6 cm³/mol. The van der Waals surface area contributed by atoms with Crippen LogP contribution in [0.25, 0.3) is 0 Å². The van der Waals surface area contributed by atoms with E-state index in [4.69, 9.17) is 0 Å². The minimum Gasteiger partial charge on any atom is -0.309 e. The highest BCUT2D eigenvalue weighted by Gasteiger charge is 2.28. The molecule has 1 N–H and O–H groups in total. The molecule has 2 nitrogen and oxygen atoms in total. The number of likely N-dealkylation sites (N-methyl/N-ethyl adjacent to an activating group) is 2. The summed E-state index contributed by atoms with van der Waals surface area (Å²) in [6.45, 7) is 6.68. The van der Waals surface area contributed by atoms with Gasteiger partial charge in [0.15, 0.2) is 0 Å². The summed E-state index contributed by atoms with van der Waals surface area (Å²) in [6.07, 6.45) is 2.40. The summed E-state index contributed by atoms with van der Waals surface area (Å²) in [4.78, 5) is 2.52. The van der Waals surface area contributed by atoms with Gasteiger partial charge in [-0.15, -0.1) is 0 Å². The molecule has 1 aliphatic rings.